The molecular weight excluding hydrogens is 1060 g/mol. The number of esters is 1. The minimum atomic E-state index is -5.31. The molecule has 74 heavy (non-hydrogen) atoms. The fourth-order valence-corrected chi connectivity index (χ4v) is 10.6. The zero-order valence-electron chi connectivity index (χ0n) is 39.7. The lowest BCUT2D eigenvalue weighted by molar-refractivity contribution is -0.159. The number of nitrogens with two attached hydrogens (primary N) is 2. The van der Waals surface area contributed by atoms with Gasteiger partial charge in [-0.05, 0) is 57.0 Å². The van der Waals surface area contributed by atoms with Crippen molar-refractivity contribution in [2.45, 2.75) is 107 Å². The Morgan fingerprint density at radius 2 is 1.77 bits per heavy atom. The van der Waals surface area contributed by atoms with Gasteiger partial charge in [0, 0.05) is 35.0 Å². The quantitative estimate of drug-likeness (QED) is 0.0100. The fourth-order valence-electron chi connectivity index (χ4n) is 7.36. The minimum absolute atomic E-state index is 0.0191. The predicted octanol–water partition coefficient (Wildman–Crippen LogP) is 3.24. The molecule has 4 aromatic rings. The molecule has 5 heterocycles. The first-order valence-electron chi connectivity index (χ1n) is 22.0. The zero-order valence-corrected chi connectivity index (χ0v) is 43.1. The van der Waals surface area contributed by atoms with Crippen LogP contribution in [0.25, 0.3) is 21.6 Å². The van der Waals surface area contributed by atoms with Gasteiger partial charge < -0.3 is 65.6 Å². The number of nitrogen functional groups attached to an aromatic ring is 2. The van der Waals surface area contributed by atoms with E-state index in [-0.39, 0.29) is 60.9 Å². The molecule has 3 aromatic heterocycles. The van der Waals surface area contributed by atoms with E-state index >= 15 is 0 Å². The lowest BCUT2D eigenvalue weighted by atomic mass is 10.1. The average molecular weight is 1120 g/mol. The largest absolute Gasteiger partial charge is 0.472 e. The minimum Gasteiger partial charge on any atom is -0.455 e. The van der Waals surface area contributed by atoms with Gasteiger partial charge >= 0.3 is 39.5 Å². The van der Waals surface area contributed by atoms with Crippen LogP contribution in [0.5, 0.6) is 0 Å². The van der Waals surface area contributed by atoms with E-state index in [0.29, 0.717) is 5.56 Å². The van der Waals surface area contributed by atoms with Crippen LogP contribution in [0.1, 0.15) is 58.1 Å². The number of anilines is 2. The van der Waals surface area contributed by atoms with E-state index < -0.39 is 113 Å². The Labute approximate surface area is 427 Å². The molecule has 2 aliphatic heterocycles. The third-order valence-corrected chi connectivity index (χ3v) is 14.4. The van der Waals surface area contributed by atoms with Crippen molar-refractivity contribution >= 4 is 83.9 Å². The van der Waals surface area contributed by atoms with Crippen molar-refractivity contribution in [3.05, 3.63) is 75.7 Å². The van der Waals surface area contributed by atoms with Crippen LogP contribution in [-0.2, 0) is 57.8 Å². The third kappa shape index (κ3) is 16.2. The van der Waals surface area contributed by atoms with E-state index in [1.807, 2.05) is 0 Å². The van der Waals surface area contributed by atoms with Crippen LogP contribution in [-0.4, -0.2) is 140 Å². The van der Waals surface area contributed by atoms with Crippen LogP contribution in [0.2, 0.25) is 0 Å². The standard InChI is InChI=1S/C39H53N13O18P2S2/c1-39(2,3)69-38(57)47-23(10-9-21(74-73-4)14-43-37(56)63-15-20-7-5-6-8-22(20)49-50-42)35(54)68-31-26(67-34(30(31)53)52-19-46-29-32(41)44-18-45-33(29)52)17-65-72(61,62)70-24-13-28(51-12-11-27(40)48-36(51)55)66-25(24)16-64-71(58,59)60/h5-8,11-12,18-19,21,23-26,28,30-31,34,53H,9-10,13-17H2,1-4H3,(H,43,56)(H,47,57)(H,61,62)(H2,40,48,55)(H2,41,44,45)(H2,58,59,60)/t21-,23-,24+,25-,26+,28-,30-,31-,34+/m1/s1. The molecule has 2 amide bonds. The van der Waals surface area contributed by atoms with Crippen molar-refractivity contribution in [1.29, 1.82) is 0 Å². The van der Waals surface area contributed by atoms with E-state index in [4.69, 9.17) is 49.7 Å². The summed E-state index contributed by atoms with van der Waals surface area (Å²) >= 11 is 0. The normalized spacial score (nSPS) is 22.5. The molecule has 0 bridgehead atoms. The topological polar surface area (TPSA) is 443 Å². The van der Waals surface area contributed by atoms with Crippen molar-refractivity contribution in [2.75, 3.05) is 37.5 Å². The molecule has 10 atom stereocenters. The summed E-state index contributed by atoms with van der Waals surface area (Å²) in [5.74, 6) is -1.29. The van der Waals surface area contributed by atoms with Crippen LogP contribution in [0.15, 0.2) is 59.1 Å². The van der Waals surface area contributed by atoms with Crippen LogP contribution < -0.4 is 27.8 Å². The number of carbonyl (C=O) groups excluding carboxylic acids is 3. The first-order chi connectivity index (χ1) is 34.9. The molecule has 6 rings (SSSR count). The maximum Gasteiger partial charge on any atom is 0.472 e. The Morgan fingerprint density at radius 3 is 2.47 bits per heavy atom. The second-order valence-corrected chi connectivity index (χ2v) is 22.5. The van der Waals surface area contributed by atoms with E-state index in [9.17, 15) is 48.1 Å². The second kappa shape index (κ2) is 25.3. The number of azide groups is 1. The summed E-state index contributed by atoms with van der Waals surface area (Å²) in [4.78, 5) is 101. The van der Waals surface area contributed by atoms with E-state index in [0.717, 1.165) is 10.9 Å². The SMILES string of the molecule is CSS[C@H](CC[C@@H](NC(=O)OC(C)(C)C)C(=O)O[C@H]1[C@@H](O)[C@@H](n2cnc3c(N)ncnc32)O[C@H]1COP(=O)(O)O[C@H]1C[C@H](n2ccc(N)nc2=O)O[C@@H]1COP(=O)(O)O)CNC(=O)OCc1ccccc1N=[N+]=[N-]. The molecule has 0 aliphatic carbocycles. The molecule has 31 nitrogen and oxygen atoms in total. The van der Waals surface area contributed by atoms with Crippen molar-refractivity contribution in [2.24, 2.45) is 5.11 Å². The van der Waals surface area contributed by atoms with Gasteiger partial charge in [0.2, 0.25) is 0 Å². The molecule has 10 N–H and O–H groups in total. The maximum atomic E-state index is 14.3. The third-order valence-electron chi connectivity index (χ3n) is 10.6. The van der Waals surface area contributed by atoms with Gasteiger partial charge in [0.25, 0.3) is 0 Å². The number of ether oxygens (including phenoxy) is 5. The molecule has 2 saturated heterocycles. The zero-order chi connectivity index (χ0) is 54.0. The summed E-state index contributed by atoms with van der Waals surface area (Å²) in [5.41, 5.74) is 19.5. The lowest BCUT2D eigenvalue weighted by Gasteiger charge is -2.27. The van der Waals surface area contributed by atoms with Gasteiger partial charge in [-0.15, -0.1) is 0 Å². The number of fused-ring (bicyclic) bond motifs is 1. The van der Waals surface area contributed by atoms with E-state index in [1.165, 1.54) is 44.7 Å². The summed E-state index contributed by atoms with van der Waals surface area (Å²) in [6, 6.07) is 6.29. The number of phosphoric ester groups is 2. The number of aliphatic hydroxyl groups is 1. The number of alkyl carbamates (subject to hydrolysis) is 2. The Hall–Kier alpha value is -5.63. The number of nitrogens with one attached hydrogen (secondary N) is 2. The number of benzene rings is 1. The van der Waals surface area contributed by atoms with Gasteiger partial charge in [0.15, 0.2) is 23.8 Å². The molecule has 2 fully saturated rings. The Balaban J connectivity index is 1.20. The molecule has 404 valence electrons. The number of rotatable bonds is 23. The van der Waals surface area contributed by atoms with Gasteiger partial charge in [0.05, 0.1) is 19.5 Å². The first kappa shape index (κ1) is 57.6. The summed E-state index contributed by atoms with van der Waals surface area (Å²) in [6.07, 6.45) is -7.85. The highest BCUT2D eigenvalue weighted by atomic mass is 33.1. The molecule has 2 aliphatic rings. The molecule has 0 saturated carbocycles. The number of aromatic nitrogens is 6. The van der Waals surface area contributed by atoms with Crippen LogP contribution >= 0.6 is 37.2 Å². The number of carbonyl (C=O) groups is 3. The van der Waals surface area contributed by atoms with Gasteiger partial charge in [0.1, 0.15) is 66.6 Å². The monoisotopic (exact) mass is 1120 g/mol. The summed E-state index contributed by atoms with van der Waals surface area (Å²) in [6.45, 7) is 2.75. The maximum absolute atomic E-state index is 14.3. The highest BCUT2D eigenvalue weighted by Crippen LogP contribution is 2.50. The molecule has 0 radical (unpaired) electrons. The Morgan fingerprint density at radius 1 is 1.03 bits per heavy atom. The summed E-state index contributed by atoms with van der Waals surface area (Å²) in [7, 11) is -7.74. The summed E-state index contributed by atoms with van der Waals surface area (Å²) in [5, 5.41) is 20.2. The lowest BCUT2D eigenvalue weighted by Crippen LogP contribution is -2.48. The molecular formula is C39H53N13O18P2S2. The Bertz CT molecular complexity index is 2830. The van der Waals surface area contributed by atoms with E-state index in [2.05, 4.69) is 45.1 Å². The first-order valence-corrected chi connectivity index (χ1v) is 27.6. The predicted molar refractivity (Wildman–Crippen MR) is 260 cm³/mol. The van der Waals surface area contributed by atoms with Crippen molar-refractivity contribution in [3.8, 4) is 0 Å². The number of nitrogens with zero attached hydrogens (tertiary/aromatic N) is 9. The molecule has 0 spiro atoms. The smallest absolute Gasteiger partial charge is 0.455 e. The molecule has 35 heteroatoms. The Kier molecular flexibility index (Phi) is 19.7. The summed E-state index contributed by atoms with van der Waals surface area (Å²) < 4.78 is 71.4. The van der Waals surface area contributed by atoms with Crippen LogP contribution in [0.3, 0.4) is 0 Å². The highest BCUT2D eigenvalue weighted by Gasteiger charge is 2.50. The molecule has 1 aromatic carbocycles. The fraction of sp³-hybridized carbons (Fsp3) is 0.538. The molecule has 1 unspecified atom stereocenters. The number of hydrogen-bond donors (Lipinski definition) is 8. The average Bonchev–Trinajstić information content (AvgIpc) is 4.02. The van der Waals surface area contributed by atoms with Crippen LogP contribution in [0, 0.1) is 0 Å². The highest BCUT2D eigenvalue weighted by molar-refractivity contribution is 8.76. The number of aliphatic hydroxyl groups excluding tert-OH is 1. The second-order valence-electron chi connectivity index (χ2n) is 17.1. The van der Waals surface area contributed by atoms with Gasteiger partial charge in [-0.3, -0.25) is 22.7 Å². The number of phosphoric acid groups is 2. The van der Waals surface area contributed by atoms with Gasteiger partial charge in [-0.25, -0.2) is 43.3 Å². The number of hydrogen-bond acceptors (Lipinski definition) is 24. The van der Waals surface area contributed by atoms with Gasteiger partial charge in [-0.2, -0.15) is 4.98 Å². The number of imidazole rings is 1. The van der Waals surface area contributed by atoms with Crippen molar-refractivity contribution < 1.29 is 80.6 Å². The van der Waals surface area contributed by atoms with Gasteiger partial charge in [-0.1, -0.05) is 51.0 Å². The number of amides is 2. The van der Waals surface area contributed by atoms with Crippen molar-refractivity contribution in [1.82, 2.24) is 39.7 Å². The van der Waals surface area contributed by atoms with E-state index in [1.54, 1.807) is 51.3 Å². The van der Waals surface area contributed by atoms with Crippen LogP contribution in [0.4, 0.5) is 26.9 Å². The van der Waals surface area contributed by atoms with Crippen molar-refractivity contribution in [3.63, 3.8) is 0 Å².